The zero-order valence-electron chi connectivity index (χ0n) is 70.3. The number of unbranched alkanes of at least 4 members (excludes halogenated alkanes) is 54. The zero-order valence-corrected chi connectivity index (χ0v) is 71.3. The van der Waals surface area contributed by atoms with Crippen molar-refractivity contribution in [3.05, 3.63) is 0 Å². The first-order valence-corrected chi connectivity index (χ1v) is 47.4. The first kappa shape index (κ1) is 103. The van der Waals surface area contributed by atoms with Gasteiger partial charge in [-0.2, -0.15) is 0 Å². The Balaban J connectivity index is 7.22. The predicted octanol–water partition coefficient (Wildman–Crippen LogP) is 20.6. The van der Waals surface area contributed by atoms with Crippen LogP contribution in [0.5, 0.6) is 0 Å². The fourth-order valence-corrected chi connectivity index (χ4v) is 17.6. The van der Waals surface area contributed by atoms with E-state index in [0.29, 0.717) is 32.2 Å². The Hall–Kier alpha value is -1.77. The maximum Gasteiger partial charge on any atom is 0.501 e. The summed E-state index contributed by atoms with van der Waals surface area (Å²) in [5.41, 5.74) is -5.10. The van der Waals surface area contributed by atoms with Crippen molar-refractivity contribution in [1.29, 1.82) is 0 Å². The summed E-state index contributed by atoms with van der Waals surface area (Å²) in [4.78, 5) is 41.9. The van der Waals surface area contributed by atoms with Crippen molar-refractivity contribution >= 4 is 26.5 Å². The summed E-state index contributed by atoms with van der Waals surface area (Å²) in [6.45, 7) is 8.39. The number of nitrogens with zero attached hydrogens (tertiary/aromatic N) is 1. The Bertz CT molecular complexity index is 1700. The Labute approximate surface area is 649 Å². The van der Waals surface area contributed by atoms with E-state index in [9.17, 15) is 45.0 Å². The van der Waals surface area contributed by atoms with Crippen LogP contribution in [0.2, 0.25) is 6.04 Å². The molecule has 17 heteroatoms. The summed E-state index contributed by atoms with van der Waals surface area (Å²) in [6.07, 6.45) is 71.3. The predicted molar refractivity (Wildman–Crippen MR) is 444 cm³/mol. The molecular weight excluding hydrogens is 1330 g/mol. The Morgan fingerprint density at radius 1 is 0.257 bits per heavy atom. The van der Waals surface area contributed by atoms with Gasteiger partial charge in [0.1, 0.15) is 16.6 Å². The van der Waals surface area contributed by atoms with Gasteiger partial charge in [0, 0.05) is 31.7 Å². The van der Waals surface area contributed by atoms with Crippen molar-refractivity contribution in [3.63, 3.8) is 0 Å². The first-order chi connectivity index (χ1) is 51.2. The number of hydrogen-bond acceptors (Lipinski definition) is 12. The average Bonchev–Trinajstić information content (AvgIpc) is 0.808. The molecule has 0 aliphatic heterocycles. The number of quaternary nitrogens is 1. The van der Waals surface area contributed by atoms with Gasteiger partial charge in [0.05, 0.1) is 86.1 Å². The number of aliphatic hydroxyl groups is 6. The van der Waals surface area contributed by atoms with Gasteiger partial charge in [-0.15, -0.1) is 0 Å². The van der Waals surface area contributed by atoms with Crippen molar-refractivity contribution in [1.82, 2.24) is 16.0 Å². The number of hydrogen-bond donors (Lipinski definition) is 9. The number of rotatable bonds is 86. The quantitative estimate of drug-likeness (QED) is 0.0157. The second-order valence-electron chi connectivity index (χ2n) is 33.2. The second-order valence-corrected chi connectivity index (χ2v) is 36.0. The molecule has 0 rings (SSSR count). The number of carbonyl (C=O) groups excluding carboxylic acids is 3. The molecule has 0 fully saturated rings. The third-order valence-electron chi connectivity index (χ3n) is 22.5. The molecule has 3 amide bonds. The van der Waals surface area contributed by atoms with E-state index in [0.717, 1.165) is 101 Å². The minimum Gasteiger partial charge on any atom is -0.394 e. The van der Waals surface area contributed by atoms with E-state index in [-0.39, 0.29) is 43.0 Å². The molecule has 0 unspecified atom stereocenters. The van der Waals surface area contributed by atoms with Crippen LogP contribution in [-0.2, 0) is 27.7 Å². The number of amides is 3. The monoisotopic (exact) mass is 1510 g/mol. The topological polar surface area (TPSA) is 236 Å². The Morgan fingerprint density at radius 3 is 0.600 bits per heavy atom. The van der Waals surface area contributed by atoms with Crippen LogP contribution in [-0.4, -0.2) is 164 Å². The van der Waals surface area contributed by atoms with E-state index in [1.165, 1.54) is 276 Å². The first-order valence-electron chi connectivity index (χ1n) is 45.5. The summed E-state index contributed by atoms with van der Waals surface area (Å²) >= 11 is 0. The number of nitrogens with one attached hydrogen (secondary N) is 3. The average molecular weight is 1510 g/mol. The van der Waals surface area contributed by atoms with E-state index >= 15 is 0 Å². The molecule has 0 heterocycles. The maximum atomic E-state index is 14.0. The van der Waals surface area contributed by atoms with Crippen LogP contribution in [0, 0.1) is 0 Å². The fraction of sp³-hybridized carbons (Fsp3) is 0.966. The summed E-state index contributed by atoms with van der Waals surface area (Å²) in [5.74, 6) is -1.03. The summed E-state index contributed by atoms with van der Waals surface area (Å²) < 4.78 is 21.9. The minimum atomic E-state index is -4.42. The van der Waals surface area contributed by atoms with Gasteiger partial charge in [0.2, 0.25) is 17.7 Å². The SMILES string of the molecule is CCCCCCCCCCCCCCCC(=O)NC(CO)(CO)CO[Si](CCC[N+](C)(CCCCCCCCCCCC)CCCCCCCCCCCC)(OCC(CO)(CO)NC(=O)CCCCCCCCCCCCCCC)OCC(CO)(CO)NC(=O)CCCCCCCCCCCCCCC. The molecule has 9 N–H and O–H groups in total. The van der Waals surface area contributed by atoms with E-state index < -0.39 is 84.9 Å². The van der Waals surface area contributed by atoms with Gasteiger partial charge < -0.3 is 64.4 Å². The normalized spacial score (nSPS) is 12.5. The molecule has 0 spiro atoms. The van der Waals surface area contributed by atoms with Crippen LogP contribution in [0.4, 0.5) is 0 Å². The van der Waals surface area contributed by atoms with Crippen LogP contribution in [0.25, 0.3) is 0 Å². The van der Waals surface area contributed by atoms with Gasteiger partial charge in [0.15, 0.2) is 0 Å². The molecule has 0 radical (unpaired) electrons. The standard InChI is InChI=1S/C88H178N4O12Si/c1-7-12-17-22-27-32-37-40-43-46-51-56-61-67-83(99)89-86(74-93,75-94)80-102-105(103-81-87(76-95,77-96)90-84(100)68-62-57-52-47-44-41-38-33-28-23-18-13-8-2,104-82-88(78-97,79-98)91-85(101)69-63-58-53-48-45-42-39-34-29-24-19-14-9-3)73-66-72-92(6,70-64-59-54-49-35-30-25-20-15-10-4)71-65-60-55-50-36-31-26-21-16-11-5/h93-98H,7-82H2,1-6H3,(H2-,89,90,91,99,100,101)/p+1. The minimum absolute atomic E-state index is 0.135. The molecular formula is C88H179N4O12Si+. The number of carbonyl (C=O) groups is 3. The van der Waals surface area contributed by atoms with Crippen molar-refractivity contribution in [3.8, 4) is 0 Å². The highest BCUT2D eigenvalue weighted by molar-refractivity contribution is 6.60. The van der Waals surface area contributed by atoms with Crippen LogP contribution < -0.4 is 16.0 Å². The zero-order chi connectivity index (χ0) is 77.2. The molecule has 0 aromatic rings. The lowest BCUT2D eigenvalue weighted by Gasteiger charge is -2.41. The van der Waals surface area contributed by atoms with Gasteiger partial charge in [-0.05, 0) is 44.9 Å². The van der Waals surface area contributed by atoms with E-state index in [2.05, 4.69) is 57.6 Å². The second kappa shape index (κ2) is 73.7. The van der Waals surface area contributed by atoms with Crippen LogP contribution in [0.1, 0.15) is 439 Å². The largest absolute Gasteiger partial charge is 0.501 e. The van der Waals surface area contributed by atoms with Crippen LogP contribution in [0.15, 0.2) is 0 Å². The molecule has 0 atom stereocenters. The van der Waals surface area contributed by atoms with Crippen molar-refractivity contribution < 1.29 is 62.8 Å². The smallest absolute Gasteiger partial charge is 0.394 e. The van der Waals surface area contributed by atoms with Crippen molar-refractivity contribution in [2.75, 3.05) is 86.1 Å². The van der Waals surface area contributed by atoms with E-state index in [1.54, 1.807) is 0 Å². The van der Waals surface area contributed by atoms with E-state index in [1.807, 2.05) is 0 Å². The van der Waals surface area contributed by atoms with Gasteiger partial charge in [-0.25, -0.2) is 0 Å². The molecule has 0 aliphatic carbocycles. The van der Waals surface area contributed by atoms with Gasteiger partial charge in [-0.1, -0.05) is 369 Å². The third kappa shape index (κ3) is 59.6. The molecule has 0 saturated heterocycles. The fourth-order valence-electron chi connectivity index (χ4n) is 14.8. The molecule has 105 heavy (non-hydrogen) atoms. The lowest BCUT2D eigenvalue weighted by Crippen LogP contribution is -2.65. The lowest BCUT2D eigenvalue weighted by molar-refractivity contribution is -0.910. The molecule has 16 nitrogen and oxygen atoms in total. The number of aliphatic hydroxyl groups excluding tert-OH is 6. The molecule has 626 valence electrons. The van der Waals surface area contributed by atoms with Crippen LogP contribution in [0.3, 0.4) is 0 Å². The third-order valence-corrected chi connectivity index (χ3v) is 25.3. The van der Waals surface area contributed by atoms with Gasteiger partial charge in [0.25, 0.3) is 0 Å². The van der Waals surface area contributed by atoms with Gasteiger partial charge >= 0.3 is 8.80 Å². The molecule has 0 aromatic heterocycles. The lowest BCUT2D eigenvalue weighted by atomic mass is 10.0. The Kier molecular flexibility index (Phi) is 72.4. The highest BCUT2D eigenvalue weighted by atomic mass is 28.4. The van der Waals surface area contributed by atoms with Crippen molar-refractivity contribution in [2.45, 2.75) is 462 Å². The Morgan fingerprint density at radius 2 is 0.419 bits per heavy atom. The van der Waals surface area contributed by atoms with E-state index in [4.69, 9.17) is 13.3 Å². The molecule has 0 aromatic carbocycles. The summed E-state index contributed by atoms with van der Waals surface area (Å²) in [7, 11) is -2.08. The molecule has 0 aliphatic rings. The van der Waals surface area contributed by atoms with Crippen molar-refractivity contribution in [2.24, 2.45) is 0 Å². The summed E-state index contributed by atoms with van der Waals surface area (Å²) in [6, 6.07) is 0.135. The highest BCUT2D eigenvalue weighted by Crippen LogP contribution is 2.28. The summed E-state index contributed by atoms with van der Waals surface area (Å²) in [5, 5.41) is 76.5. The highest BCUT2D eigenvalue weighted by Gasteiger charge is 2.49. The maximum absolute atomic E-state index is 14.0. The molecule has 0 bridgehead atoms. The molecule has 0 saturated carbocycles. The van der Waals surface area contributed by atoms with Gasteiger partial charge in [-0.3, -0.25) is 14.4 Å². The van der Waals surface area contributed by atoms with Crippen LogP contribution >= 0.6 is 0 Å².